The van der Waals surface area contributed by atoms with Crippen LogP contribution < -0.4 is 20.2 Å². The molecule has 4 aromatic rings. The number of rotatable bonds is 10. The van der Waals surface area contributed by atoms with Crippen LogP contribution in [0.25, 0.3) is 11.4 Å². The molecule has 0 unspecified atom stereocenters. The van der Waals surface area contributed by atoms with Crippen molar-refractivity contribution < 1.29 is 14.3 Å². The van der Waals surface area contributed by atoms with Crippen molar-refractivity contribution in [2.24, 2.45) is 0 Å². The van der Waals surface area contributed by atoms with Gasteiger partial charge in [0.15, 0.2) is 23.9 Å². The summed E-state index contributed by atoms with van der Waals surface area (Å²) in [6.07, 6.45) is 0. The van der Waals surface area contributed by atoms with Crippen molar-refractivity contribution in [3.8, 4) is 22.9 Å². The van der Waals surface area contributed by atoms with Gasteiger partial charge in [-0.15, -0.1) is 0 Å². The molecule has 0 bridgehead atoms. The van der Waals surface area contributed by atoms with Crippen LogP contribution in [0.2, 0.25) is 5.02 Å². The third-order valence-electron chi connectivity index (χ3n) is 5.20. The molecule has 10 heteroatoms. The van der Waals surface area contributed by atoms with Gasteiger partial charge >= 0.3 is 0 Å². The number of amides is 1. The SMILES string of the molecule is CCOc1cc(CNn2c(-c3ccccc3)n[nH]c2=S)cc(Cl)c1OCC(=O)Nc1ccc(C)cc1. The molecule has 1 amide bonds. The molecule has 0 aliphatic heterocycles. The topological polar surface area (TPSA) is 93.2 Å². The fourth-order valence-corrected chi connectivity index (χ4v) is 3.98. The lowest BCUT2D eigenvalue weighted by atomic mass is 10.2. The number of H-pyrrole nitrogens is 1. The van der Waals surface area contributed by atoms with Crippen molar-refractivity contribution >= 4 is 35.4 Å². The maximum absolute atomic E-state index is 12.4. The summed E-state index contributed by atoms with van der Waals surface area (Å²) < 4.78 is 13.7. The lowest BCUT2D eigenvalue weighted by Crippen LogP contribution is -2.20. The van der Waals surface area contributed by atoms with E-state index in [-0.39, 0.29) is 12.5 Å². The Morgan fingerprint density at radius 3 is 2.58 bits per heavy atom. The van der Waals surface area contributed by atoms with Crippen LogP contribution >= 0.6 is 23.8 Å². The zero-order valence-corrected chi connectivity index (χ0v) is 21.4. The highest BCUT2D eigenvalue weighted by Gasteiger charge is 2.16. The lowest BCUT2D eigenvalue weighted by molar-refractivity contribution is -0.118. The molecule has 1 heterocycles. The first-order valence-electron chi connectivity index (χ1n) is 11.4. The standard InChI is InChI=1S/C26H26ClN5O3S/c1-3-34-22-14-18(15-28-32-25(30-31-26(32)36)19-7-5-4-6-8-19)13-21(27)24(22)35-16-23(33)29-20-11-9-17(2)10-12-20/h4-14,28H,3,15-16H2,1-2H3,(H,29,33)(H,31,36). The van der Waals surface area contributed by atoms with Crippen LogP contribution in [0, 0.1) is 11.7 Å². The molecule has 8 nitrogen and oxygen atoms in total. The number of ether oxygens (including phenoxy) is 2. The Morgan fingerprint density at radius 1 is 1.11 bits per heavy atom. The van der Waals surface area contributed by atoms with Gasteiger partial charge in [-0.3, -0.25) is 4.79 Å². The number of carbonyl (C=O) groups is 1. The van der Waals surface area contributed by atoms with Gasteiger partial charge in [-0.2, -0.15) is 5.10 Å². The smallest absolute Gasteiger partial charge is 0.262 e. The summed E-state index contributed by atoms with van der Waals surface area (Å²) in [4.78, 5) is 12.4. The molecule has 0 spiro atoms. The number of aromatic nitrogens is 3. The minimum absolute atomic E-state index is 0.212. The van der Waals surface area contributed by atoms with Gasteiger partial charge in [0.25, 0.3) is 5.91 Å². The largest absolute Gasteiger partial charge is 0.490 e. The molecule has 0 saturated carbocycles. The molecular weight excluding hydrogens is 498 g/mol. The van der Waals surface area contributed by atoms with E-state index in [2.05, 4.69) is 20.9 Å². The second kappa shape index (κ2) is 11.7. The number of hydrogen-bond acceptors (Lipinski definition) is 6. The molecule has 3 N–H and O–H groups in total. The minimum Gasteiger partial charge on any atom is -0.490 e. The summed E-state index contributed by atoms with van der Waals surface area (Å²) in [7, 11) is 0. The number of anilines is 1. The van der Waals surface area contributed by atoms with Crippen LogP contribution in [0.3, 0.4) is 0 Å². The molecule has 186 valence electrons. The molecule has 0 atom stereocenters. The zero-order chi connectivity index (χ0) is 25.5. The van der Waals surface area contributed by atoms with E-state index in [1.807, 2.05) is 74.5 Å². The maximum atomic E-state index is 12.4. The Bertz CT molecular complexity index is 1390. The van der Waals surface area contributed by atoms with Gasteiger partial charge in [0.05, 0.1) is 18.2 Å². The fraction of sp³-hybridized carbons (Fsp3) is 0.192. The van der Waals surface area contributed by atoms with Gasteiger partial charge in [0.1, 0.15) is 0 Å². The third kappa shape index (κ3) is 6.24. The van der Waals surface area contributed by atoms with Crippen molar-refractivity contribution in [1.82, 2.24) is 14.9 Å². The van der Waals surface area contributed by atoms with Crippen LogP contribution in [-0.4, -0.2) is 34.0 Å². The Hall–Kier alpha value is -3.82. The van der Waals surface area contributed by atoms with Crippen molar-refractivity contribution in [2.75, 3.05) is 24.0 Å². The molecule has 3 aromatic carbocycles. The Morgan fingerprint density at radius 2 is 1.86 bits per heavy atom. The molecule has 4 rings (SSSR count). The van der Waals surface area contributed by atoms with E-state index in [0.717, 1.165) is 16.7 Å². The quantitative estimate of drug-likeness (QED) is 0.230. The van der Waals surface area contributed by atoms with E-state index in [4.69, 9.17) is 33.3 Å². The average Bonchev–Trinajstić information content (AvgIpc) is 3.24. The van der Waals surface area contributed by atoms with E-state index in [0.29, 0.717) is 46.0 Å². The number of carbonyl (C=O) groups excluding carboxylic acids is 1. The summed E-state index contributed by atoms with van der Waals surface area (Å²) in [5.74, 6) is 1.12. The van der Waals surface area contributed by atoms with Gasteiger partial charge in [-0.05, 0) is 55.9 Å². The molecule has 0 saturated heterocycles. The van der Waals surface area contributed by atoms with Crippen molar-refractivity contribution in [3.05, 3.63) is 87.7 Å². The van der Waals surface area contributed by atoms with Gasteiger partial charge < -0.3 is 20.2 Å². The van der Waals surface area contributed by atoms with Crippen molar-refractivity contribution in [1.29, 1.82) is 0 Å². The Balaban J connectivity index is 1.46. The lowest BCUT2D eigenvalue weighted by Gasteiger charge is -2.16. The monoisotopic (exact) mass is 523 g/mol. The molecule has 36 heavy (non-hydrogen) atoms. The molecule has 0 aliphatic carbocycles. The van der Waals surface area contributed by atoms with E-state index in [1.54, 1.807) is 10.7 Å². The first-order valence-corrected chi connectivity index (χ1v) is 12.1. The fourth-order valence-electron chi connectivity index (χ4n) is 3.49. The number of nitrogens with one attached hydrogen (secondary N) is 3. The van der Waals surface area contributed by atoms with E-state index in [9.17, 15) is 4.79 Å². The molecule has 0 fully saturated rings. The minimum atomic E-state index is -0.300. The van der Waals surface area contributed by atoms with Crippen molar-refractivity contribution in [2.45, 2.75) is 20.4 Å². The molecular formula is C26H26ClN5O3S. The number of aryl methyl sites for hydroxylation is 1. The van der Waals surface area contributed by atoms with Gasteiger partial charge in [0.2, 0.25) is 4.77 Å². The molecule has 0 aliphatic rings. The van der Waals surface area contributed by atoms with Crippen LogP contribution in [0.1, 0.15) is 18.1 Å². The third-order valence-corrected chi connectivity index (χ3v) is 5.75. The zero-order valence-electron chi connectivity index (χ0n) is 19.9. The second-order valence-electron chi connectivity index (χ2n) is 7.93. The van der Waals surface area contributed by atoms with E-state index < -0.39 is 0 Å². The summed E-state index contributed by atoms with van der Waals surface area (Å²) in [6, 6.07) is 20.8. The summed E-state index contributed by atoms with van der Waals surface area (Å²) in [5.41, 5.74) is 6.83. The summed E-state index contributed by atoms with van der Waals surface area (Å²) in [5, 5.41) is 10.3. The number of benzene rings is 3. The second-order valence-corrected chi connectivity index (χ2v) is 8.72. The summed E-state index contributed by atoms with van der Waals surface area (Å²) >= 11 is 11.9. The van der Waals surface area contributed by atoms with Crippen LogP contribution in [0.15, 0.2) is 66.7 Å². The van der Waals surface area contributed by atoms with Gasteiger partial charge in [0, 0.05) is 11.3 Å². The van der Waals surface area contributed by atoms with Gasteiger partial charge in [-0.25, -0.2) is 9.77 Å². The Labute approximate surface area is 219 Å². The van der Waals surface area contributed by atoms with Crippen molar-refractivity contribution in [3.63, 3.8) is 0 Å². The van der Waals surface area contributed by atoms with E-state index >= 15 is 0 Å². The molecule has 1 aromatic heterocycles. The van der Waals surface area contributed by atoms with Crippen LogP contribution in [-0.2, 0) is 11.3 Å². The number of aromatic amines is 1. The first-order chi connectivity index (χ1) is 17.4. The molecule has 0 radical (unpaired) electrons. The normalized spacial score (nSPS) is 10.6. The highest BCUT2D eigenvalue weighted by molar-refractivity contribution is 7.71. The average molecular weight is 524 g/mol. The highest BCUT2D eigenvalue weighted by atomic mass is 35.5. The van der Waals surface area contributed by atoms with Gasteiger partial charge in [-0.1, -0.05) is 59.6 Å². The van der Waals surface area contributed by atoms with Crippen LogP contribution in [0.5, 0.6) is 11.5 Å². The summed E-state index contributed by atoms with van der Waals surface area (Å²) in [6.45, 7) is 4.43. The first kappa shape index (κ1) is 25.3. The predicted molar refractivity (Wildman–Crippen MR) is 144 cm³/mol. The predicted octanol–water partition coefficient (Wildman–Crippen LogP) is 5.73. The number of halogens is 1. The Kier molecular flexibility index (Phi) is 8.24. The highest BCUT2D eigenvalue weighted by Crippen LogP contribution is 2.37. The number of nitrogens with zero attached hydrogens (tertiary/aromatic N) is 2. The van der Waals surface area contributed by atoms with E-state index in [1.165, 1.54) is 0 Å². The number of hydrogen-bond donors (Lipinski definition) is 3. The maximum Gasteiger partial charge on any atom is 0.262 e. The van der Waals surface area contributed by atoms with Crippen LogP contribution in [0.4, 0.5) is 5.69 Å².